The summed E-state index contributed by atoms with van der Waals surface area (Å²) in [4.78, 5) is 26.8. The Balaban J connectivity index is 1.49. The minimum absolute atomic E-state index is 0.000293. The predicted octanol–water partition coefficient (Wildman–Crippen LogP) is 4.39. The highest BCUT2D eigenvalue weighted by atomic mass is 19.1. The Morgan fingerprint density at radius 1 is 1.00 bits per heavy atom. The van der Waals surface area contributed by atoms with Crippen molar-refractivity contribution >= 4 is 11.7 Å². The molecule has 30 heavy (non-hydrogen) atoms. The molecule has 1 aliphatic rings. The number of nitrogens with zero attached hydrogens (tertiary/aromatic N) is 1. The van der Waals surface area contributed by atoms with Gasteiger partial charge in [0.1, 0.15) is 5.82 Å². The molecule has 2 aromatic carbocycles. The van der Waals surface area contributed by atoms with Crippen molar-refractivity contribution < 1.29 is 14.0 Å². The first-order valence-electron chi connectivity index (χ1n) is 10.7. The fraction of sp³-hybridized carbons (Fsp3) is 0.440. The molecular formula is C25H31FN2O2. The van der Waals surface area contributed by atoms with Gasteiger partial charge in [-0.05, 0) is 63.9 Å². The summed E-state index contributed by atoms with van der Waals surface area (Å²) in [5, 5.41) is 3.11. The highest BCUT2D eigenvalue weighted by Gasteiger charge is 2.37. The van der Waals surface area contributed by atoms with Gasteiger partial charge in [0.15, 0.2) is 5.78 Å². The molecule has 1 aliphatic carbocycles. The minimum Gasteiger partial charge on any atom is -0.353 e. The van der Waals surface area contributed by atoms with Crippen LogP contribution in [0.3, 0.4) is 0 Å². The zero-order valence-electron chi connectivity index (χ0n) is 17.9. The molecule has 0 heterocycles. The molecule has 0 spiro atoms. The van der Waals surface area contributed by atoms with Crippen LogP contribution < -0.4 is 5.32 Å². The number of hydrogen-bond acceptors (Lipinski definition) is 3. The molecule has 0 aliphatic heterocycles. The third-order valence-corrected chi connectivity index (χ3v) is 6.35. The molecule has 0 bridgehead atoms. The summed E-state index contributed by atoms with van der Waals surface area (Å²) < 4.78 is 13.2. The van der Waals surface area contributed by atoms with E-state index >= 15 is 0 Å². The Bertz CT molecular complexity index is 841. The van der Waals surface area contributed by atoms with Crippen molar-refractivity contribution in [3.05, 3.63) is 71.5 Å². The van der Waals surface area contributed by atoms with Gasteiger partial charge >= 0.3 is 0 Å². The van der Waals surface area contributed by atoms with Crippen molar-refractivity contribution in [3.8, 4) is 0 Å². The monoisotopic (exact) mass is 410 g/mol. The van der Waals surface area contributed by atoms with Crippen LogP contribution in [0.25, 0.3) is 0 Å². The highest BCUT2D eigenvalue weighted by molar-refractivity contribution is 5.97. The molecule has 4 nitrogen and oxygen atoms in total. The number of Topliss-reactive ketones (excluding diaryl/α,β-unsaturated/α-hetero) is 1. The largest absolute Gasteiger partial charge is 0.353 e. The number of rotatable bonds is 8. The third-order valence-electron chi connectivity index (χ3n) is 6.35. The average Bonchev–Trinajstić information content (AvgIpc) is 2.75. The highest BCUT2D eigenvalue weighted by Crippen LogP contribution is 2.35. The van der Waals surface area contributed by atoms with Crippen molar-refractivity contribution in [2.24, 2.45) is 0 Å². The van der Waals surface area contributed by atoms with Gasteiger partial charge in [-0.2, -0.15) is 0 Å². The van der Waals surface area contributed by atoms with Crippen LogP contribution in [0.5, 0.6) is 0 Å². The minimum atomic E-state index is -0.213. The van der Waals surface area contributed by atoms with Gasteiger partial charge in [-0.1, -0.05) is 42.5 Å². The van der Waals surface area contributed by atoms with Crippen LogP contribution in [0.1, 0.15) is 54.4 Å². The van der Waals surface area contributed by atoms with Gasteiger partial charge in [0, 0.05) is 30.0 Å². The van der Waals surface area contributed by atoms with Gasteiger partial charge in [0.25, 0.3) is 0 Å². The van der Waals surface area contributed by atoms with Crippen LogP contribution in [0.2, 0.25) is 0 Å². The van der Waals surface area contributed by atoms with E-state index in [0.29, 0.717) is 5.56 Å². The molecule has 0 radical (unpaired) electrons. The molecular weight excluding hydrogens is 379 g/mol. The van der Waals surface area contributed by atoms with Crippen molar-refractivity contribution in [2.75, 3.05) is 14.1 Å². The van der Waals surface area contributed by atoms with Crippen LogP contribution >= 0.6 is 0 Å². The number of amides is 1. The standard InChI is InChI=1S/C25H31FN2O2/c1-28(2)25(18-19-8-10-21(26)11-9-19)16-14-22(15-17-25)27-24(30)13-12-23(29)20-6-4-3-5-7-20/h3-11,22H,12-18H2,1-2H3,(H,27,30). The zero-order chi connectivity index (χ0) is 21.6. The van der Waals surface area contributed by atoms with Crippen molar-refractivity contribution in [2.45, 2.75) is 56.5 Å². The molecule has 0 atom stereocenters. The number of likely N-dealkylation sites (N-methyl/N-ethyl adjacent to an activating group) is 1. The number of hydrogen-bond donors (Lipinski definition) is 1. The fourth-order valence-electron chi connectivity index (χ4n) is 4.36. The van der Waals surface area contributed by atoms with E-state index in [1.54, 1.807) is 12.1 Å². The van der Waals surface area contributed by atoms with Crippen molar-refractivity contribution in [3.63, 3.8) is 0 Å². The maximum atomic E-state index is 13.2. The summed E-state index contributed by atoms with van der Waals surface area (Å²) in [5.74, 6) is -0.268. The molecule has 1 amide bonds. The second-order valence-electron chi connectivity index (χ2n) is 8.55. The number of ketones is 1. The normalized spacial score (nSPS) is 21.4. The van der Waals surface area contributed by atoms with Gasteiger partial charge in [0.05, 0.1) is 0 Å². The lowest BCUT2D eigenvalue weighted by atomic mass is 9.75. The van der Waals surface area contributed by atoms with Crippen LogP contribution in [0, 0.1) is 5.82 Å². The molecule has 1 saturated carbocycles. The number of halogens is 1. The predicted molar refractivity (Wildman–Crippen MR) is 117 cm³/mol. The van der Waals surface area contributed by atoms with E-state index < -0.39 is 0 Å². The van der Waals surface area contributed by atoms with E-state index in [4.69, 9.17) is 0 Å². The van der Waals surface area contributed by atoms with Gasteiger partial charge in [-0.25, -0.2) is 4.39 Å². The van der Waals surface area contributed by atoms with Crippen LogP contribution in [-0.4, -0.2) is 42.3 Å². The smallest absolute Gasteiger partial charge is 0.220 e. The Labute approximate surface area is 178 Å². The summed E-state index contributed by atoms with van der Waals surface area (Å²) in [5.41, 5.74) is 1.80. The lowest BCUT2D eigenvalue weighted by molar-refractivity contribution is -0.122. The van der Waals surface area contributed by atoms with Gasteiger partial charge in [0.2, 0.25) is 5.91 Å². The second kappa shape index (κ2) is 9.98. The molecule has 1 N–H and O–H groups in total. The quantitative estimate of drug-likeness (QED) is 0.657. The van der Waals surface area contributed by atoms with Crippen LogP contribution in [0.15, 0.2) is 54.6 Å². The average molecular weight is 411 g/mol. The Hall–Kier alpha value is -2.53. The van der Waals surface area contributed by atoms with Crippen LogP contribution in [-0.2, 0) is 11.2 Å². The SMILES string of the molecule is CN(C)C1(Cc2ccc(F)cc2)CCC(NC(=O)CCC(=O)c2ccccc2)CC1. The summed E-state index contributed by atoms with van der Waals surface area (Å²) in [6.07, 6.45) is 5.05. The Morgan fingerprint density at radius 2 is 1.63 bits per heavy atom. The zero-order valence-corrected chi connectivity index (χ0v) is 17.9. The van der Waals surface area contributed by atoms with E-state index in [9.17, 15) is 14.0 Å². The molecule has 5 heteroatoms. The van der Waals surface area contributed by atoms with E-state index in [1.165, 1.54) is 12.1 Å². The third kappa shape index (κ3) is 5.76. The maximum absolute atomic E-state index is 13.2. The molecule has 3 rings (SSSR count). The summed E-state index contributed by atoms with van der Waals surface area (Å²) in [6.45, 7) is 0. The topological polar surface area (TPSA) is 49.4 Å². The lowest BCUT2D eigenvalue weighted by Crippen LogP contribution is -2.52. The molecule has 0 unspecified atom stereocenters. The number of benzene rings is 2. The molecule has 0 aromatic heterocycles. The molecule has 0 saturated heterocycles. The van der Waals surface area contributed by atoms with Gasteiger partial charge in [-0.3, -0.25) is 9.59 Å². The van der Waals surface area contributed by atoms with Gasteiger partial charge < -0.3 is 10.2 Å². The first-order valence-corrected chi connectivity index (χ1v) is 10.7. The fourth-order valence-corrected chi connectivity index (χ4v) is 4.36. The summed E-state index contributed by atoms with van der Waals surface area (Å²) in [7, 11) is 4.19. The number of nitrogens with one attached hydrogen (secondary N) is 1. The number of carbonyl (C=O) groups excluding carboxylic acids is 2. The number of carbonyl (C=O) groups is 2. The van der Waals surface area contributed by atoms with Crippen molar-refractivity contribution in [1.29, 1.82) is 0 Å². The van der Waals surface area contributed by atoms with Crippen LogP contribution in [0.4, 0.5) is 4.39 Å². The van der Waals surface area contributed by atoms with E-state index in [1.807, 2.05) is 30.3 Å². The first-order chi connectivity index (χ1) is 14.4. The maximum Gasteiger partial charge on any atom is 0.220 e. The van der Waals surface area contributed by atoms with E-state index in [2.05, 4.69) is 24.3 Å². The Kier molecular flexibility index (Phi) is 7.38. The van der Waals surface area contributed by atoms with Gasteiger partial charge in [-0.15, -0.1) is 0 Å². The van der Waals surface area contributed by atoms with E-state index in [-0.39, 0.29) is 41.9 Å². The summed E-state index contributed by atoms with van der Waals surface area (Å²) in [6, 6.07) is 16.0. The van der Waals surface area contributed by atoms with Crippen molar-refractivity contribution in [1.82, 2.24) is 10.2 Å². The Morgan fingerprint density at radius 3 is 2.23 bits per heavy atom. The van der Waals surface area contributed by atoms with E-state index in [0.717, 1.165) is 37.7 Å². The molecule has 2 aromatic rings. The second-order valence-corrected chi connectivity index (χ2v) is 8.55. The first kappa shape index (κ1) is 22.2. The lowest BCUT2D eigenvalue weighted by Gasteiger charge is -2.45. The molecule has 1 fully saturated rings. The summed E-state index contributed by atoms with van der Waals surface area (Å²) >= 11 is 0. The molecule has 160 valence electrons.